The minimum absolute atomic E-state index is 0.0187. The number of carbonyl (C=O) groups excluding carboxylic acids is 1. The minimum atomic E-state index is -0.0586. The summed E-state index contributed by atoms with van der Waals surface area (Å²) >= 11 is 6.25. The van der Waals surface area contributed by atoms with E-state index in [0.717, 1.165) is 27.0 Å². The van der Waals surface area contributed by atoms with Crippen LogP contribution in [0.2, 0.25) is 5.02 Å². The SMILES string of the molecule is CNCCCN1CCCCC1.O=Cc1nc2cc(-c3cc(Cl)c4cnccc4n3)ccc2n1SF. The van der Waals surface area contributed by atoms with Crippen molar-refractivity contribution in [3.8, 4) is 11.3 Å². The lowest BCUT2D eigenvalue weighted by atomic mass is 10.1. The highest BCUT2D eigenvalue weighted by atomic mass is 35.5. The topological polar surface area (TPSA) is 75.9 Å². The quantitative estimate of drug-likeness (QED) is 0.255. The van der Waals surface area contributed by atoms with Gasteiger partial charge >= 0.3 is 0 Å². The van der Waals surface area contributed by atoms with Gasteiger partial charge in [0.25, 0.3) is 0 Å². The van der Waals surface area contributed by atoms with Crippen molar-refractivity contribution in [2.75, 3.05) is 33.2 Å². The molecule has 0 spiro atoms. The Bertz CT molecular complexity index is 1290. The molecule has 1 aliphatic heterocycles. The molecule has 1 N–H and O–H groups in total. The number of likely N-dealkylation sites (tertiary alicyclic amines) is 1. The molecule has 10 heteroatoms. The highest BCUT2D eigenvalue weighted by Gasteiger charge is 2.13. The lowest BCUT2D eigenvalue weighted by molar-refractivity contribution is 0.111. The van der Waals surface area contributed by atoms with Crippen molar-refractivity contribution in [3.63, 3.8) is 0 Å². The number of benzene rings is 1. The lowest BCUT2D eigenvalue weighted by Crippen LogP contribution is -2.31. The van der Waals surface area contributed by atoms with Crippen LogP contribution >= 0.6 is 23.9 Å². The standard InChI is InChI=1S/C16H8ClFN4OS.C9H20N2/c17-11-6-13(20-12-3-4-19-7-10(11)12)9-1-2-15-14(5-9)21-16(8-23)22(15)24-18;1-10-6-5-9-11-7-3-2-4-8-11/h1-8H;10H,2-9H2,1H3. The van der Waals surface area contributed by atoms with Gasteiger partial charge in [-0.15, -0.1) is 3.89 Å². The molecule has 1 aliphatic rings. The second-order valence-electron chi connectivity index (χ2n) is 8.40. The number of imidazole rings is 1. The predicted octanol–water partition coefficient (Wildman–Crippen LogP) is 5.58. The number of fused-ring (bicyclic) bond motifs is 2. The van der Waals surface area contributed by atoms with Gasteiger partial charge in [-0.25, -0.2) is 13.9 Å². The number of hydrogen-bond donors (Lipinski definition) is 1. The van der Waals surface area contributed by atoms with Gasteiger partial charge in [0.15, 0.2) is 24.4 Å². The largest absolute Gasteiger partial charge is 0.320 e. The number of nitrogens with one attached hydrogen (secondary N) is 1. The van der Waals surface area contributed by atoms with Gasteiger partial charge in [-0.05, 0) is 76.8 Å². The third-order valence-electron chi connectivity index (χ3n) is 6.02. The van der Waals surface area contributed by atoms with Gasteiger partial charge in [0, 0.05) is 23.3 Å². The van der Waals surface area contributed by atoms with Crippen LogP contribution in [-0.2, 0) is 0 Å². The van der Waals surface area contributed by atoms with Crippen molar-refractivity contribution in [1.29, 1.82) is 0 Å². The predicted molar refractivity (Wildman–Crippen MR) is 142 cm³/mol. The van der Waals surface area contributed by atoms with E-state index in [0.29, 0.717) is 28.0 Å². The highest BCUT2D eigenvalue weighted by molar-refractivity contribution is 7.93. The maximum Gasteiger partial charge on any atom is 0.186 e. The lowest BCUT2D eigenvalue weighted by Gasteiger charge is -2.26. The van der Waals surface area contributed by atoms with E-state index >= 15 is 0 Å². The van der Waals surface area contributed by atoms with Crippen molar-refractivity contribution in [2.24, 2.45) is 0 Å². The third-order valence-corrected chi connectivity index (χ3v) is 6.85. The Balaban J connectivity index is 0.000000221. The van der Waals surface area contributed by atoms with Crippen LogP contribution in [0.25, 0.3) is 33.2 Å². The van der Waals surface area contributed by atoms with Crippen LogP contribution in [0.15, 0.2) is 42.7 Å². The van der Waals surface area contributed by atoms with Gasteiger partial charge in [-0.2, -0.15) is 0 Å². The van der Waals surface area contributed by atoms with Crippen molar-refractivity contribution < 1.29 is 8.68 Å². The molecule has 4 heterocycles. The molecule has 4 aromatic rings. The van der Waals surface area contributed by atoms with E-state index in [9.17, 15) is 8.68 Å². The summed E-state index contributed by atoms with van der Waals surface area (Å²) < 4.78 is 14.2. The van der Waals surface area contributed by atoms with Crippen molar-refractivity contribution in [3.05, 3.63) is 53.6 Å². The van der Waals surface area contributed by atoms with E-state index in [1.807, 2.05) is 7.05 Å². The normalized spacial score (nSPS) is 14.1. The number of pyridine rings is 2. The second kappa shape index (κ2) is 12.4. The number of nitrogens with zero attached hydrogens (tertiary/aromatic N) is 5. The summed E-state index contributed by atoms with van der Waals surface area (Å²) in [4.78, 5) is 26.3. The molecule has 0 aliphatic carbocycles. The van der Waals surface area contributed by atoms with Crippen molar-refractivity contribution in [2.45, 2.75) is 25.7 Å². The van der Waals surface area contributed by atoms with E-state index in [-0.39, 0.29) is 18.2 Å². The average Bonchev–Trinajstić information content (AvgIpc) is 3.27. The Morgan fingerprint density at radius 2 is 1.97 bits per heavy atom. The molecule has 5 rings (SSSR count). The van der Waals surface area contributed by atoms with E-state index in [4.69, 9.17) is 11.6 Å². The van der Waals surface area contributed by atoms with E-state index < -0.39 is 0 Å². The summed E-state index contributed by atoms with van der Waals surface area (Å²) in [5.41, 5.74) is 3.19. The number of hydrogen-bond acceptors (Lipinski definition) is 7. The van der Waals surface area contributed by atoms with Crippen LogP contribution in [0.3, 0.4) is 0 Å². The molecule has 0 atom stereocenters. The number of carbonyl (C=O) groups is 1. The number of aldehydes is 1. The zero-order chi connectivity index (χ0) is 24.6. The van der Waals surface area contributed by atoms with Gasteiger partial charge in [0.2, 0.25) is 0 Å². The molecule has 3 aromatic heterocycles. The smallest absolute Gasteiger partial charge is 0.186 e. The molecule has 35 heavy (non-hydrogen) atoms. The minimum Gasteiger partial charge on any atom is -0.320 e. The van der Waals surface area contributed by atoms with Crippen LogP contribution in [0, 0.1) is 0 Å². The second-order valence-corrected chi connectivity index (χ2v) is 9.31. The molecule has 0 saturated carbocycles. The first-order chi connectivity index (χ1) is 17.1. The maximum absolute atomic E-state index is 13.0. The number of aromatic nitrogens is 4. The van der Waals surface area contributed by atoms with Crippen LogP contribution < -0.4 is 5.32 Å². The summed E-state index contributed by atoms with van der Waals surface area (Å²) in [7, 11) is 2.02. The average molecular weight is 515 g/mol. The molecule has 7 nitrogen and oxygen atoms in total. The van der Waals surface area contributed by atoms with Crippen LogP contribution in [-0.4, -0.2) is 63.3 Å². The van der Waals surface area contributed by atoms with E-state index in [1.54, 1.807) is 42.7 Å². The van der Waals surface area contributed by atoms with E-state index in [2.05, 4.69) is 25.2 Å². The molecule has 0 unspecified atom stereocenters. The van der Waals surface area contributed by atoms with E-state index in [1.165, 1.54) is 45.3 Å². The summed E-state index contributed by atoms with van der Waals surface area (Å²) in [5.74, 6) is 0.0187. The molecule has 0 amide bonds. The summed E-state index contributed by atoms with van der Waals surface area (Å²) in [6.07, 6.45) is 9.41. The number of rotatable bonds is 7. The maximum atomic E-state index is 13.0. The van der Waals surface area contributed by atoms with Gasteiger partial charge in [0.05, 0.1) is 27.3 Å². The summed E-state index contributed by atoms with van der Waals surface area (Å²) in [6, 6.07) is 8.76. The first-order valence-electron chi connectivity index (χ1n) is 11.7. The summed E-state index contributed by atoms with van der Waals surface area (Å²) in [6.45, 7) is 5.13. The Morgan fingerprint density at radius 1 is 1.14 bits per heavy atom. The van der Waals surface area contributed by atoms with Crippen LogP contribution in [0.4, 0.5) is 3.89 Å². The first kappa shape index (κ1) is 25.5. The molecule has 0 radical (unpaired) electrons. The van der Waals surface area contributed by atoms with Gasteiger partial charge < -0.3 is 10.2 Å². The zero-order valence-electron chi connectivity index (χ0n) is 19.6. The first-order valence-corrected chi connectivity index (χ1v) is 12.7. The fraction of sp³-hybridized carbons (Fsp3) is 0.360. The number of halogens is 2. The fourth-order valence-corrected chi connectivity index (χ4v) is 4.85. The molecular formula is C25H28ClFN6OS. The van der Waals surface area contributed by atoms with Crippen LogP contribution in [0.5, 0.6) is 0 Å². The molecule has 1 aromatic carbocycles. The zero-order valence-corrected chi connectivity index (χ0v) is 21.2. The highest BCUT2D eigenvalue weighted by Crippen LogP contribution is 2.30. The molecule has 0 bridgehead atoms. The van der Waals surface area contributed by atoms with Crippen molar-refractivity contribution >= 4 is 52.2 Å². The Hall–Kier alpha value is -2.59. The molecule has 1 fully saturated rings. The molecule has 1 saturated heterocycles. The monoisotopic (exact) mass is 514 g/mol. The fourth-order valence-electron chi connectivity index (χ4n) is 4.22. The molecular weight excluding hydrogens is 487 g/mol. The Morgan fingerprint density at radius 3 is 2.71 bits per heavy atom. The van der Waals surface area contributed by atoms with Gasteiger partial charge in [-0.3, -0.25) is 9.78 Å². The molecule has 184 valence electrons. The van der Waals surface area contributed by atoms with Gasteiger partial charge in [-0.1, -0.05) is 24.1 Å². The number of piperidine rings is 1. The van der Waals surface area contributed by atoms with Crippen LogP contribution in [0.1, 0.15) is 36.3 Å². The Kier molecular flexibility index (Phi) is 9.03. The van der Waals surface area contributed by atoms with Crippen molar-refractivity contribution in [1.82, 2.24) is 29.1 Å². The Labute approximate surface area is 213 Å². The van der Waals surface area contributed by atoms with Gasteiger partial charge in [0.1, 0.15) is 0 Å². The summed E-state index contributed by atoms with van der Waals surface area (Å²) in [5, 5.41) is 4.49. The third kappa shape index (κ3) is 6.16.